The molecule has 0 aromatic carbocycles. The van der Waals surface area contributed by atoms with Gasteiger partial charge in [0.05, 0.1) is 11.8 Å². The highest BCUT2D eigenvalue weighted by molar-refractivity contribution is 7.85. The third-order valence-electron chi connectivity index (χ3n) is 9.64. The Kier molecular flexibility index (Phi) is 7.60. The van der Waals surface area contributed by atoms with Gasteiger partial charge in [0.15, 0.2) is 0 Å². The summed E-state index contributed by atoms with van der Waals surface area (Å²) in [6.07, 6.45) is -8.12. The van der Waals surface area contributed by atoms with Crippen LogP contribution >= 0.6 is 0 Å². The standard InChI is InChI=1S/C25H30F6O9S/c26-24(27,28)23(25(29,30)31,10-41(35,36)37)40-22(34)18-15-9-14-17(18)21(33)39-20(14)19(15)38-16(32)5-4-13-7-11-2-1-3-12(6-11)8-13/h11-15,17-20H,1-10H2,(H,35,36,37). The molecule has 1 aliphatic heterocycles. The highest BCUT2D eigenvalue weighted by atomic mass is 32.2. The van der Waals surface area contributed by atoms with Crippen LogP contribution in [0.1, 0.15) is 57.8 Å². The lowest BCUT2D eigenvalue weighted by Gasteiger charge is -2.39. The normalized spacial score (nSPS) is 36.7. The number of halogens is 6. The van der Waals surface area contributed by atoms with Gasteiger partial charge in [0.25, 0.3) is 10.1 Å². The number of carbonyl (C=O) groups excluding carboxylic acids is 3. The fourth-order valence-electron chi connectivity index (χ4n) is 8.07. The molecule has 9 nitrogen and oxygen atoms in total. The second kappa shape index (κ2) is 10.3. The van der Waals surface area contributed by atoms with E-state index in [1.165, 1.54) is 12.8 Å². The molecule has 8 atom stereocenters. The van der Waals surface area contributed by atoms with Crippen molar-refractivity contribution < 1.29 is 67.9 Å². The van der Waals surface area contributed by atoms with Crippen molar-refractivity contribution in [3.8, 4) is 0 Å². The second-order valence-electron chi connectivity index (χ2n) is 12.2. The average molecular weight is 621 g/mol. The molecule has 5 fully saturated rings. The molecule has 0 spiro atoms. The van der Waals surface area contributed by atoms with Gasteiger partial charge < -0.3 is 14.2 Å². The Morgan fingerprint density at radius 1 is 0.951 bits per heavy atom. The first-order valence-electron chi connectivity index (χ1n) is 13.6. The molecule has 1 N–H and O–H groups in total. The fraction of sp³-hybridized carbons (Fsp3) is 0.880. The number of alkyl halides is 6. The molecule has 5 rings (SSSR count). The van der Waals surface area contributed by atoms with Crippen LogP contribution in [0.15, 0.2) is 0 Å². The van der Waals surface area contributed by atoms with Gasteiger partial charge in [-0.15, -0.1) is 0 Å². The van der Waals surface area contributed by atoms with Crippen molar-refractivity contribution in [1.29, 1.82) is 0 Å². The van der Waals surface area contributed by atoms with Crippen molar-refractivity contribution in [2.45, 2.75) is 87.9 Å². The SMILES string of the molecule is O=C(CCC1CC2CCCC(C2)C1)OC1C2CC3C1OC(=O)C3C2C(=O)OC(CS(=O)(=O)O)(C(F)(F)F)C(F)(F)F. The first-order chi connectivity index (χ1) is 18.9. The van der Waals surface area contributed by atoms with Gasteiger partial charge in [0, 0.05) is 18.3 Å². The van der Waals surface area contributed by atoms with Gasteiger partial charge in [-0.3, -0.25) is 18.9 Å². The van der Waals surface area contributed by atoms with Crippen molar-refractivity contribution in [1.82, 2.24) is 0 Å². The Morgan fingerprint density at radius 3 is 2.12 bits per heavy atom. The van der Waals surface area contributed by atoms with E-state index >= 15 is 0 Å². The van der Waals surface area contributed by atoms with E-state index in [0.29, 0.717) is 24.2 Å². The lowest BCUT2D eigenvalue weighted by molar-refractivity contribution is -0.362. The first kappa shape index (κ1) is 30.4. The molecule has 0 aromatic rings. The zero-order chi connectivity index (χ0) is 30.1. The molecule has 4 saturated carbocycles. The molecule has 1 heterocycles. The van der Waals surface area contributed by atoms with Crippen molar-refractivity contribution in [2.24, 2.45) is 41.4 Å². The summed E-state index contributed by atoms with van der Waals surface area (Å²) in [7, 11) is -5.97. The van der Waals surface area contributed by atoms with E-state index in [-0.39, 0.29) is 12.8 Å². The van der Waals surface area contributed by atoms with Gasteiger partial charge in [-0.1, -0.05) is 19.3 Å². The van der Waals surface area contributed by atoms with Crippen LogP contribution in [0.25, 0.3) is 0 Å². The predicted molar refractivity (Wildman–Crippen MR) is 123 cm³/mol. The number of carbonyl (C=O) groups is 3. The number of rotatable bonds is 8. The molecule has 5 aliphatic rings. The van der Waals surface area contributed by atoms with Gasteiger partial charge >= 0.3 is 35.9 Å². The lowest BCUT2D eigenvalue weighted by Crippen LogP contribution is -2.64. The molecule has 0 amide bonds. The minimum Gasteiger partial charge on any atom is -0.458 e. The molecule has 232 valence electrons. The second-order valence-corrected chi connectivity index (χ2v) is 13.7. The van der Waals surface area contributed by atoms with E-state index in [4.69, 9.17) is 14.0 Å². The van der Waals surface area contributed by atoms with E-state index in [1.54, 1.807) is 0 Å². The van der Waals surface area contributed by atoms with Crippen molar-refractivity contribution in [2.75, 3.05) is 5.75 Å². The number of fused-ring (bicyclic) bond motifs is 3. The topological polar surface area (TPSA) is 133 Å². The van der Waals surface area contributed by atoms with Crippen LogP contribution in [0.2, 0.25) is 0 Å². The summed E-state index contributed by atoms with van der Waals surface area (Å²) in [4.78, 5) is 38.3. The number of hydrogen-bond acceptors (Lipinski definition) is 8. The van der Waals surface area contributed by atoms with Crippen LogP contribution in [0, 0.1) is 41.4 Å². The molecular formula is C25H30F6O9S. The Balaban J connectivity index is 1.31. The van der Waals surface area contributed by atoms with Gasteiger partial charge in [-0.2, -0.15) is 34.8 Å². The summed E-state index contributed by atoms with van der Waals surface area (Å²) in [5, 5.41) is 0. The van der Waals surface area contributed by atoms with Gasteiger partial charge in [0.1, 0.15) is 18.0 Å². The zero-order valence-electron chi connectivity index (χ0n) is 21.7. The van der Waals surface area contributed by atoms with Crippen LogP contribution in [0.5, 0.6) is 0 Å². The molecule has 1 saturated heterocycles. The van der Waals surface area contributed by atoms with Crippen LogP contribution in [0.3, 0.4) is 0 Å². The number of ether oxygens (including phenoxy) is 3. The Hall–Kier alpha value is -2.10. The maximum Gasteiger partial charge on any atom is 0.438 e. The zero-order valence-corrected chi connectivity index (χ0v) is 22.5. The maximum absolute atomic E-state index is 13.7. The van der Waals surface area contributed by atoms with E-state index in [1.807, 2.05) is 0 Å². The molecule has 41 heavy (non-hydrogen) atoms. The highest BCUT2D eigenvalue weighted by Crippen LogP contribution is 2.60. The monoisotopic (exact) mass is 620 g/mol. The minimum absolute atomic E-state index is 0.0107. The molecule has 8 unspecified atom stereocenters. The summed E-state index contributed by atoms with van der Waals surface area (Å²) < 4.78 is 128. The van der Waals surface area contributed by atoms with Crippen molar-refractivity contribution >= 4 is 28.0 Å². The van der Waals surface area contributed by atoms with Crippen LogP contribution in [-0.4, -0.2) is 66.8 Å². The highest BCUT2D eigenvalue weighted by Gasteiger charge is 2.77. The smallest absolute Gasteiger partial charge is 0.438 e. The summed E-state index contributed by atoms with van der Waals surface area (Å²) in [6, 6.07) is 0. The molecule has 4 bridgehead atoms. The third-order valence-corrected chi connectivity index (χ3v) is 10.4. The van der Waals surface area contributed by atoms with Crippen molar-refractivity contribution in [3.63, 3.8) is 0 Å². The van der Waals surface area contributed by atoms with Crippen LogP contribution in [0.4, 0.5) is 26.3 Å². The predicted octanol–water partition coefficient (Wildman–Crippen LogP) is 4.00. The van der Waals surface area contributed by atoms with E-state index in [9.17, 15) is 49.1 Å². The number of hydrogen-bond donors (Lipinski definition) is 1. The maximum atomic E-state index is 13.7. The largest absolute Gasteiger partial charge is 0.458 e. The fourth-order valence-corrected chi connectivity index (χ4v) is 8.97. The quantitative estimate of drug-likeness (QED) is 0.185. The molecule has 4 aliphatic carbocycles. The van der Waals surface area contributed by atoms with Crippen LogP contribution < -0.4 is 0 Å². The average Bonchev–Trinajstić information content (AvgIpc) is 3.44. The Morgan fingerprint density at radius 2 is 1.56 bits per heavy atom. The Bertz CT molecular complexity index is 1160. The van der Waals surface area contributed by atoms with E-state index < -0.39 is 87.6 Å². The van der Waals surface area contributed by atoms with Gasteiger partial charge in [-0.05, 0) is 49.9 Å². The van der Waals surface area contributed by atoms with Gasteiger partial charge in [0.2, 0.25) is 0 Å². The Labute approximate surface area is 231 Å². The van der Waals surface area contributed by atoms with E-state index in [0.717, 1.165) is 25.7 Å². The van der Waals surface area contributed by atoms with E-state index in [2.05, 4.69) is 4.74 Å². The molecule has 16 heteroatoms. The minimum atomic E-state index is -6.50. The van der Waals surface area contributed by atoms with Crippen LogP contribution in [-0.2, 0) is 38.7 Å². The molecule has 0 aromatic heterocycles. The van der Waals surface area contributed by atoms with Gasteiger partial charge in [-0.25, -0.2) is 0 Å². The number of esters is 3. The van der Waals surface area contributed by atoms with Crippen molar-refractivity contribution in [3.05, 3.63) is 0 Å². The summed E-state index contributed by atoms with van der Waals surface area (Å²) in [5.41, 5.74) is -5.60. The summed E-state index contributed by atoms with van der Waals surface area (Å²) in [6.45, 7) is 0. The third kappa shape index (κ3) is 5.54. The molecular weight excluding hydrogens is 590 g/mol. The first-order valence-corrected chi connectivity index (χ1v) is 15.2. The molecule has 0 radical (unpaired) electrons. The summed E-state index contributed by atoms with van der Waals surface area (Å²) >= 11 is 0. The lowest BCUT2D eigenvalue weighted by atomic mass is 9.67. The summed E-state index contributed by atoms with van der Waals surface area (Å²) in [5.74, 6) is -10.7.